The Kier molecular flexibility index (Phi) is 1.94. The maximum atomic E-state index is 11.4. The highest BCUT2D eigenvalue weighted by Gasteiger charge is 2.36. The standard InChI is InChI=1S/C10H14O2/c1-6-7(2)10(3,4)9(12)5-8(6)11/h5H2,1-4H3. The molecule has 0 bridgehead atoms. The van der Waals surface area contributed by atoms with Crippen LogP contribution in [0.25, 0.3) is 0 Å². The molecule has 0 amide bonds. The van der Waals surface area contributed by atoms with Crippen LogP contribution in [-0.2, 0) is 9.59 Å². The van der Waals surface area contributed by atoms with Crippen LogP contribution in [-0.4, -0.2) is 11.6 Å². The van der Waals surface area contributed by atoms with Crippen molar-refractivity contribution in [2.75, 3.05) is 0 Å². The van der Waals surface area contributed by atoms with Crippen LogP contribution in [0, 0.1) is 5.41 Å². The van der Waals surface area contributed by atoms with Crippen LogP contribution >= 0.6 is 0 Å². The first-order valence-corrected chi connectivity index (χ1v) is 4.12. The average Bonchev–Trinajstić information content (AvgIpc) is 1.99. The second kappa shape index (κ2) is 2.54. The van der Waals surface area contributed by atoms with Crippen molar-refractivity contribution in [1.82, 2.24) is 0 Å². The highest BCUT2D eigenvalue weighted by molar-refractivity contribution is 6.13. The summed E-state index contributed by atoms with van der Waals surface area (Å²) in [6.07, 6.45) is 0.0795. The molecule has 0 N–H and O–H groups in total. The largest absolute Gasteiger partial charge is 0.298 e. The minimum atomic E-state index is -0.433. The van der Waals surface area contributed by atoms with E-state index in [2.05, 4.69) is 0 Å². The van der Waals surface area contributed by atoms with Gasteiger partial charge < -0.3 is 0 Å². The van der Waals surface area contributed by atoms with E-state index >= 15 is 0 Å². The van der Waals surface area contributed by atoms with Gasteiger partial charge in [-0.2, -0.15) is 0 Å². The fraction of sp³-hybridized carbons (Fsp3) is 0.600. The smallest absolute Gasteiger partial charge is 0.165 e. The van der Waals surface area contributed by atoms with E-state index in [9.17, 15) is 9.59 Å². The van der Waals surface area contributed by atoms with Crippen LogP contribution in [0.15, 0.2) is 11.1 Å². The molecule has 2 nitrogen and oxygen atoms in total. The van der Waals surface area contributed by atoms with E-state index in [1.165, 1.54) is 0 Å². The summed E-state index contributed by atoms with van der Waals surface area (Å²) in [4.78, 5) is 22.7. The van der Waals surface area contributed by atoms with Crippen molar-refractivity contribution in [3.8, 4) is 0 Å². The molecule has 0 saturated heterocycles. The van der Waals surface area contributed by atoms with Crippen LogP contribution < -0.4 is 0 Å². The highest BCUT2D eigenvalue weighted by atomic mass is 16.1. The van der Waals surface area contributed by atoms with Crippen molar-refractivity contribution in [3.63, 3.8) is 0 Å². The molecule has 12 heavy (non-hydrogen) atoms. The van der Waals surface area contributed by atoms with Gasteiger partial charge in [-0.05, 0) is 33.3 Å². The van der Waals surface area contributed by atoms with Crippen molar-refractivity contribution in [2.24, 2.45) is 5.41 Å². The summed E-state index contributed by atoms with van der Waals surface area (Å²) in [5.41, 5.74) is 1.25. The van der Waals surface area contributed by atoms with Crippen molar-refractivity contribution < 1.29 is 9.59 Å². The molecule has 1 aliphatic carbocycles. The number of carbonyl (C=O) groups excluding carboxylic acids is 2. The predicted octanol–water partition coefficient (Wildman–Crippen LogP) is 1.89. The quantitative estimate of drug-likeness (QED) is 0.515. The minimum Gasteiger partial charge on any atom is -0.298 e. The summed E-state index contributed by atoms with van der Waals surface area (Å²) in [6, 6.07) is 0. The number of ketones is 2. The third-order valence-corrected chi connectivity index (χ3v) is 2.94. The molecule has 0 heterocycles. The summed E-state index contributed by atoms with van der Waals surface area (Å²) in [5.74, 6) is 0.0208. The molecule has 0 spiro atoms. The zero-order chi connectivity index (χ0) is 9.52. The van der Waals surface area contributed by atoms with Gasteiger partial charge in [-0.15, -0.1) is 0 Å². The summed E-state index contributed by atoms with van der Waals surface area (Å²) < 4.78 is 0. The van der Waals surface area contributed by atoms with Crippen molar-refractivity contribution >= 4 is 11.6 Å². The zero-order valence-corrected chi connectivity index (χ0v) is 8.02. The Bertz CT molecular complexity index is 282. The van der Waals surface area contributed by atoms with E-state index < -0.39 is 5.41 Å². The molecule has 1 aliphatic rings. The topological polar surface area (TPSA) is 34.1 Å². The molecule has 2 heteroatoms. The molecule has 0 unspecified atom stereocenters. The predicted molar refractivity (Wildman–Crippen MR) is 46.8 cm³/mol. The van der Waals surface area contributed by atoms with Crippen molar-refractivity contribution in [2.45, 2.75) is 34.1 Å². The fourth-order valence-corrected chi connectivity index (χ4v) is 1.39. The second-order valence-electron chi connectivity index (χ2n) is 3.90. The number of hydrogen-bond acceptors (Lipinski definition) is 2. The summed E-state index contributed by atoms with van der Waals surface area (Å²) >= 11 is 0. The average molecular weight is 166 g/mol. The third kappa shape index (κ3) is 1.11. The molecule has 0 saturated carbocycles. The number of Topliss-reactive ketones (excluding diaryl/α,β-unsaturated/α-hetero) is 2. The van der Waals surface area contributed by atoms with E-state index in [-0.39, 0.29) is 18.0 Å². The van der Waals surface area contributed by atoms with Gasteiger partial charge in [0.15, 0.2) is 5.78 Å². The van der Waals surface area contributed by atoms with Crippen molar-refractivity contribution in [1.29, 1.82) is 0 Å². The Morgan fingerprint density at radius 3 is 2.17 bits per heavy atom. The van der Waals surface area contributed by atoms with Gasteiger partial charge in [0.1, 0.15) is 5.78 Å². The lowest BCUT2D eigenvalue weighted by Crippen LogP contribution is -2.33. The molecule has 0 radical (unpaired) electrons. The number of allylic oxidation sites excluding steroid dienone is 2. The maximum Gasteiger partial charge on any atom is 0.165 e. The maximum absolute atomic E-state index is 11.4. The molecule has 0 aromatic heterocycles. The van der Waals surface area contributed by atoms with Gasteiger partial charge in [-0.25, -0.2) is 0 Å². The number of rotatable bonds is 0. The lowest BCUT2D eigenvalue weighted by Gasteiger charge is -2.29. The van der Waals surface area contributed by atoms with Crippen LogP contribution in [0.5, 0.6) is 0 Å². The fourth-order valence-electron chi connectivity index (χ4n) is 1.39. The van der Waals surface area contributed by atoms with Gasteiger partial charge in [0, 0.05) is 5.41 Å². The van der Waals surface area contributed by atoms with E-state index in [1.54, 1.807) is 6.92 Å². The van der Waals surface area contributed by atoms with Gasteiger partial charge in [-0.3, -0.25) is 9.59 Å². The molecule has 0 aromatic rings. The van der Waals surface area contributed by atoms with E-state index in [0.29, 0.717) is 0 Å². The first-order chi connectivity index (χ1) is 5.37. The lowest BCUT2D eigenvalue weighted by atomic mass is 9.72. The highest BCUT2D eigenvalue weighted by Crippen LogP contribution is 2.35. The van der Waals surface area contributed by atoms with E-state index in [0.717, 1.165) is 11.1 Å². The minimum absolute atomic E-state index is 0.0168. The molecule has 1 rings (SSSR count). The number of carbonyl (C=O) groups is 2. The van der Waals surface area contributed by atoms with Crippen LogP contribution in [0.1, 0.15) is 34.1 Å². The van der Waals surface area contributed by atoms with Crippen LogP contribution in [0.2, 0.25) is 0 Å². The van der Waals surface area contributed by atoms with E-state index in [1.807, 2.05) is 20.8 Å². The van der Waals surface area contributed by atoms with Gasteiger partial charge in [0.25, 0.3) is 0 Å². The zero-order valence-electron chi connectivity index (χ0n) is 8.02. The normalized spacial score (nSPS) is 23.3. The van der Waals surface area contributed by atoms with E-state index in [4.69, 9.17) is 0 Å². The molecular formula is C10H14O2. The third-order valence-electron chi connectivity index (χ3n) is 2.94. The SMILES string of the molecule is CC1=C(C)C(C)(C)C(=O)CC1=O. The molecule has 66 valence electrons. The Balaban J connectivity index is 3.25. The van der Waals surface area contributed by atoms with Crippen LogP contribution in [0.3, 0.4) is 0 Å². The van der Waals surface area contributed by atoms with Gasteiger partial charge in [0.2, 0.25) is 0 Å². The first-order valence-electron chi connectivity index (χ1n) is 4.12. The summed E-state index contributed by atoms with van der Waals surface area (Å²) in [6.45, 7) is 7.41. The van der Waals surface area contributed by atoms with Crippen molar-refractivity contribution in [3.05, 3.63) is 11.1 Å². The first kappa shape index (κ1) is 9.17. The lowest BCUT2D eigenvalue weighted by molar-refractivity contribution is -0.131. The van der Waals surface area contributed by atoms with Gasteiger partial charge in [0.05, 0.1) is 6.42 Å². The molecular weight excluding hydrogens is 152 g/mol. The Labute approximate surface area is 72.7 Å². The Morgan fingerprint density at radius 1 is 1.17 bits per heavy atom. The Hall–Kier alpha value is -0.920. The Morgan fingerprint density at radius 2 is 1.67 bits per heavy atom. The molecule has 0 aliphatic heterocycles. The molecule has 0 fully saturated rings. The number of hydrogen-bond donors (Lipinski definition) is 0. The second-order valence-corrected chi connectivity index (χ2v) is 3.90. The van der Waals surface area contributed by atoms with Gasteiger partial charge in [-0.1, -0.05) is 5.57 Å². The molecule has 0 atom stereocenters. The summed E-state index contributed by atoms with van der Waals surface area (Å²) in [7, 11) is 0. The molecule has 0 aromatic carbocycles. The summed E-state index contributed by atoms with van der Waals surface area (Å²) in [5, 5.41) is 0. The monoisotopic (exact) mass is 166 g/mol. The van der Waals surface area contributed by atoms with Crippen LogP contribution in [0.4, 0.5) is 0 Å². The van der Waals surface area contributed by atoms with Gasteiger partial charge >= 0.3 is 0 Å².